The monoisotopic (exact) mass is 517 g/mol. The van der Waals surface area contributed by atoms with Crippen LogP contribution in [0.4, 0.5) is 11.5 Å². The van der Waals surface area contributed by atoms with Crippen molar-refractivity contribution in [3.8, 4) is 28.7 Å². The van der Waals surface area contributed by atoms with E-state index in [0.717, 1.165) is 4.57 Å². The number of aromatic nitrogens is 6. The van der Waals surface area contributed by atoms with E-state index in [0.29, 0.717) is 28.8 Å². The molecule has 0 aliphatic rings. The first-order valence-electron chi connectivity index (χ1n) is 11.1. The zero-order valence-corrected chi connectivity index (χ0v) is 19.7. The van der Waals surface area contributed by atoms with Crippen molar-refractivity contribution in [2.24, 2.45) is 10.2 Å². The Balaban J connectivity index is 1.58. The molecule has 192 valence electrons. The third-order valence-corrected chi connectivity index (χ3v) is 5.46. The Bertz CT molecular complexity index is 1680. The van der Waals surface area contributed by atoms with Crippen LogP contribution >= 0.6 is 0 Å². The number of aromatic hydroxyl groups is 1. The lowest BCUT2D eigenvalue weighted by Crippen LogP contribution is -2.07. The smallest absolute Gasteiger partial charge is 0.323 e. The van der Waals surface area contributed by atoms with Crippen LogP contribution in [0.1, 0.15) is 17.4 Å². The number of aliphatic carboxylic acids is 1. The summed E-state index contributed by atoms with van der Waals surface area (Å²) in [5.41, 5.74) is 6.65. The molecule has 3 heterocycles. The van der Waals surface area contributed by atoms with Crippen LogP contribution in [0.3, 0.4) is 0 Å². The molecular weight excluding hydrogens is 498 g/mol. The first kappa shape index (κ1) is 24.1. The maximum Gasteiger partial charge on any atom is 0.323 e. The van der Waals surface area contributed by atoms with Gasteiger partial charge in [0.15, 0.2) is 11.4 Å². The van der Waals surface area contributed by atoms with Crippen LogP contribution < -0.4 is 10.5 Å². The number of carboxylic acids is 1. The molecule has 0 radical (unpaired) electrons. The maximum atomic E-state index is 13.2. The Hall–Kier alpha value is -5.60. The maximum absolute atomic E-state index is 13.2. The molecule has 0 aliphatic carbocycles. The molecule has 0 bridgehead atoms. The fraction of sp³-hybridized carbons (Fsp3) is 0.130. The van der Waals surface area contributed by atoms with Crippen molar-refractivity contribution in [3.05, 3.63) is 54.2 Å². The SMILES string of the molecule is CCOc1ccc(-c2c(C(=O)N=Nc3c(O)n(CC(=O)O)c4ccccc34)nnn2-c2nonc2N)cc1. The van der Waals surface area contributed by atoms with E-state index in [9.17, 15) is 19.8 Å². The number of nitrogens with zero attached hydrogens (tertiary/aromatic N) is 8. The number of rotatable bonds is 8. The molecule has 15 heteroatoms. The number of azo groups is 1. The summed E-state index contributed by atoms with van der Waals surface area (Å²) < 4.78 is 12.5. The largest absolute Gasteiger partial charge is 0.494 e. The number of nitrogen functional groups attached to an aromatic ring is 1. The number of anilines is 1. The quantitative estimate of drug-likeness (QED) is 0.255. The van der Waals surface area contributed by atoms with Crippen LogP contribution in [-0.2, 0) is 11.3 Å². The average Bonchev–Trinajstić information content (AvgIpc) is 3.60. The summed E-state index contributed by atoms with van der Waals surface area (Å²) in [5, 5.41) is 43.2. The van der Waals surface area contributed by atoms with Crippen LogP contribution in [-0.4, -0.2) is 58.6 Å². The molecule has 2 aromatic carbocycles. The molecule has 15 nitrogen and oxygen atoms in total. The summed E-state index contributed by atoms with van der Waals surface area (Å²) in [5.74, 6) is -1.99. The van der Waals surface area contributed by atoms with Crippen molar-refractivity contribution in [2.45, 2.75) is 13.5 Å². The number of benzene rings is 2. The summed E-state index contributed by atoms with van der Waals surface area (Å²) in [7, 11) is 0. The number of carbonyl (C=O) groups is 2. The summed E-state index contributed by atoms with van der Waals surface area (Å²) in [4.78, 5) is 24.5. The van der Waals surface area contributed by atoms with Gasteiger partial charge in [0.1, 0.15) is 18.0 Å². The molecule has 5 aromatic rings. The highest BCUT2D eigenvalue weighted by molar-refractivity contribution is 6.00. The molecule has 38 heavy (non-hydrogen) atoms. The Morgan fingerprint density at radius 1 is 1.13 bits per heavy atom. The molecule has 4 N–H and O–H groups in total. The molecule has 0 atom stereocenters. The molecule has 0 saturated carbocycles. The number of hydrogen-bond donors (Lipinski definition) is 3. The molecule has 1 amide bonds. The molecular formula is C23H19N9O6. The van der Waals surface area contributed by atoms with Gasteiger partial charge in [0.2, 0.25) is 17.5 Å². The zero-order valence-electron chi connectivity index (χ0n) is 19.7. The predicted molar refractivity (Wildman–Crippen MR) is 130 cm³/mol. The van der Waals surface area contributed by atoms with Crippen molar-refractivity contribution in [1.82, 2.24) is 29.9 Å². The van der Waals surface area contributed by atoms with E-state index in [1.807, 2.05) is 6.92 Å². The standard InChI is InChI=1S/C23H19N9O6/c1-2-37-13-9-7-12(8-10-13)19-18(26-30-32(19)21-20(24)28-38-29-21)22(35)27-25-17-14-5-3-4-6-15(14)31(23(17)36)11-16(33)34/h3-10,36H,2,11H2,1H3,(H2,24,28)(H,33,34). The zero-order chi connectivity index (χ0) is 26.8. The minimum absolute atomic E-state index is 0.00626. The van der Waals surface area contributed by atoms with Crippen LogP contribution in [0.2, 0.25) is 0 Å². The lowest BCUT2D eigenvalue weighted by Gasteiger charge is -2.07. The predicted octanol–water partition coefficient (Wildman–Crippen LogP) is 2.97. The Morgan fingerprint density at radius 3 is 2.58 bits per heavy atom. The number of para-hydroxylation sites is 1. The third kappa shape index (κ3) is 4.27. The van der Waals surface area contributed by atoms with Crippen LogP contribution in [0.5, 0.6) is 11.6 Å². The van der Waals surface area contributed by atoms with E-state index in [1.165, 1.54) is 4.68 Å². The van der Waals surface area contributed by atoms with Gasteiger partial charge < -0.3 is 20.7 Å². The number of amides is 1. The summed E-state index contributed by atoms with van der Waals surface area (Å²) in [6, 6.07) is 13.4. The fourth-order valence-electron chi connectivity index (χ4n) is 3.86. The molecule has 0 aliphatic heterocycles. The molecule has 3 aromatic heterocycles. The second-order valence-corrected chi connectivity index (χ2v) is 7.80. The number of carbonyl (C=O) groups excluding carboxylic acids is 1. The van der Waals surface area contributed by atoms with E-state index < -0.39 is 24.3 Å². The molecule has 5 rings (SSSR count). The van der Waals surface area contributed by atoms with Gasteiger partial charge in [0.25, 0.3) is 0 Å². The summed E-state index contributed by atoms with van der Waals surface area (Å²) in [6.45, 7) is 1.81. The average molecular weight is 517 g/mol. The van der Waals surface area contributed by atoms with Gasteiger partial charge in [0.05, 0.1) is 12.1 Å². The van der Waals surface area contributed by atoms with Gasteiger partial charge in [-0.25, -0.2) is 4.63 Å². The lowest BCUT2D eigenvalue weighted by molar-refractivity contribution is -0.137. The Labute approximate surface area is 212 Å². The van der Waals surface area contributed by atoms with Crippen LogP contribution in [0.15, 0.2) is 63.4 Å². The fourth-order valence-corrected chi connectivity index (χ4v) is 3.86. The molecule has 0 saturated heterocycles. The van der Waals surface area contributed by atoms with E-state index >= 15 is 0 Å². The third-order valence-electron chi connectivity index (χ3n) is 5.46. The van der Waals surface area contributed by atoms with Crippen molar-refractivity contribution in [1.29, 1.82) is 0 Å². The lowest BCUT2D eigenvalue weighted by atomic mass is 10.1. The van der Waals surface area contributed by atoms with Gasteiger partial charge >= 0.3 is 11.9 Å². The minimum atomic E-state index is -1.17. The van der Waals surface area contributed by atoms with Gasteiger partial charge in [0, 0.05) is 10.9 Å². The van der Waals surface area contributed by atoms with Crippen molar-refractivity contribution < 1.29 is 29.2 Å². The van der Waals surface area contributed by atoms with Gasteiger partial charge in [-0.3, -0.25) is 14.2 Å². The second-order valence-electron chi connectivity index (χ2n) is 7.80. The molecule has 0 spiro atoms. The van der Waals surface area contributed by atoms with Crippen molar-refractivity contribution in [3.63, 3.8) is 0 Å². The highest BCUT2D eigenvalue weighted by Crippen LogP contribution is 2.39. The van der Waals surface area contributed by atoms with Crippen LogP contribution in [0.25, 0.3) is 28.0 Å². The minimum Gasteiger partial charge on any atom is -0.494 e. The van der Waals surface area contributed by atoms with E-state index in [1.54, 1.807) is 48.5 Å². The van der Waals surface area contributed by atoms with Crippen LogP contribution in [0, 0.1) is 0 Å². The number of fused-ring (bicyclic) bond motifs is 1. The van der Waals surface area contributed by atoms with E-state index in [2.05, 4.69) is 35.5 Å². The van der Waals surface area contributed by atoms with Gasteiger partial charge in [-0.15, -0.1) is 15.3 Å². The molecule has 0 unspecified atom stereocenters. The Kier molecular flexibility index (Phi) is 6.22. The number of carboxylic acid groups (broad SMARTS) is 1. The topological polar surface area (TPSA) is 209 Å². The number of ether oxygens (including phenoxy) is 1. The van der Waals surface area contributed by atoms with Gasteiger partial charge in [-0.2, -0.15) is 4.68 Å². The van der Waals surface area contributed by atoms with E-state index in [4.69, 9.17) is 10.5 Å². The number of nitrogens with two attached hydrogens (primary N) is 1. The number of hydrogen-bond acceptors (Lipinski definition) is 11. The normalized spacial score (nSPS) is 11.4. The highest BCUT2D eigenvalue weighted by Gasteiger charge is 2.26. The highest BCUT2D eigenvalue weighted by atomic mass is 16.6. The van der Waals surface area contributed by atoms with E-state index in [-0.39, 0.29) is 28.7 Å². The summed E-state index contributed by atoms with van der Waals surface area (Å²) in [6.07, 6.45) is 0. The van der Waals surface area contributed by atoms with Crippen molar-refractivity contribution in [2.75, 3.05) is 12.3 Å². The first-order chi connectivity index (χ1) is 18.4. The van der Waals surface area contributed by atoms with Gasteiger partial charge in [-0.05, 0) is 47.6 Å². The molecule has 0 fully saturated rings. The van der Waals surface area contributed by atoms with Gasteiger partial charge in [-0.1, -0.05) is 23.4 Å². The Morgan fingerprint density at radius 2 is 1.89 bits per heavy atom. The first-order valence-corrected chi connectivity index (χ1v) is 11.1. The van der Waals surface area contributed by atoms with Crippen molar-refractivity contribution >= 4 is 34.3 Å². The summed E-state index contributed by atoms with van der Waals surface area (Å²) >= 11 is 0. The second kappa shape index (κ2) is 9.81.